The Balaban J connectivity index is 1.81. The lowest BCUT2D eigenvalue weighted by Gasteiger charge is -2.09. The van der Waals surface area contributed by atoms with E-state index in [9.17, 15) is 4.79 Å². The number of benzene rings is 2. The highest BCUT2D eigenvalue weighted by Crippen LogP contribution is 2.36. The zero-order valence-electron chi connectivity index (χ0n) is 11.2. The fraction of sp³-hybridized carbons (Fsp3) is 0.0625. The molecule has 0 aliphatic carbocycles. The Hall–Kier alpha value is -1.11. The lowest BCUT2D eigenvalue weighted by atomic mass is 10.1. The van der Waals surface area contributed by atoms with Crippen LogP contribution in [0.25, 0.3) is 10.9 Å². The highest BCUT2D eigenvalue weighted by atomic mass is 79.9. The molecule has 0 fully saturated rings. The van der Waals surface area contributed by atoms with E-state index >= 15 is 0 Å². The first kappa shape index (κ1) is 15.8. The minimum atomic E-state index is -0.312. The van der Waals surface area contributed by atoms with Crippen LogP contribution in [-0.2, 0) is 11.2 Å². The van der Waals surface area contributed by atoms with Gasteiger partial charge in [0.2, 0.25) is 0 Å². The zero-order chi connectivity index (χ0) is 15.7. The van der Waals surface area contributed by atoms with E-state index in [-0.39, 0.29) is 12.4 Å². The molecule has 1 heterocycles. The number of nitrogens with one attached hydrogen (secondary N) is 1. The largest absolute Gasteiger partial charge is 0.424 e. The van der Waals surface area contributed by atoms with Gasteiger partial charge in [0.05, 0.1) is 15.4 Å². The summed E-state index contributed by atoms with van der Waals surface area (Å²) in [5.74, 6) is 0.168. The second kappa shape index (κ2) is 6.56. The first-order valence-corrected chi connectivity index (χ1v) is 8.82. The Kier molecular flexibility index (Phi) is 4.70. The summed E-state index contributed by atoms with van der Waals surface area (Å²) in [4.78, 5) is 15.4. The summed E-state index contributed by atoms with van der Waals surface area (Å²) in [7, 11) is 0. The molecule has 2 aromatic carbocycles. The van der Waals surface area contributed by atoms with Crippen LogP contribution in [0.15, 0.2) is 56.0 Å². The maximum absolute atomic E-state index is 12.2. The number of carbonyl (C=O) groups excluding carboxylic acids is 1. The predicted molar refractivity (Wildman–Crippen MR) is 97.2 cm³/mol. The average molecular weight is 488 g/mol. The number of esters is 1. The fourth-order valence-electron chi connectivity index (χ4n) is 2.21. The number of para-hydroxylation sites is 1. The van der Waals surface area contributed by atoms with Gasteiger partial charge in [0.1, 0.15) is 0 Å². The molecule has 1 aromatic heterocycles. The molecule has 3 rings (SSSR count). The number of rotatable bonds is 3. The Morgan fingerprint density at radius 1 is 1.09 bits per heavy atom. The topological polar surface area (TPSA) is 42.1 Å². The smallest absolute Gasteiger partial charge is 0.315 e. The van der Waals surface area contributed by atoms with Gasteiger partial charge < -0.3 is 9.72 Å². The van der Waals surface area contributed by atoms with Crippen molar-refractivity contribution < 1.29 is 9.53 Å². The average Bonchev–Trinajstić information content (AvgIpc) is 2.86. The summed E-state index contributed by atoms with van der Waals surface area (Å²) in [6.45, 7) is 0. The molecule has 0 atom stereocenters. The minimum absolute atomic E-state index is 0.207. The van der Waals surface area contributed by atoms with Gasteiger partial charge in [-0.15, -0.1) is 0 Å². The predicted octanol–water partition coefficient (Wildman–Crippen LogP) is 5.60. The molecule has 3 nitrogen and oxygen atoms in total. The van der Waals surface area contributed by atoms with Gasteiger partial charge in [0, 0.05) is 21.6 Å². The molecular weight excluding hydrogens is 478 g/mol. The molecule has 112 valence electrons. The van der Waals surface area contributed by atoms with Crippen LogP contribution in [0, 0.1) is 0 Å². The molecule has 0 amide bonds. The van der Waals surface area contributed by atoms with E-state index < -0.39 is 0 Å². The molecule has 22 heavy (non-hydrogen) atoms. The van der Waals surface area contributed by atoms with Crippen LogP contribution in [0.3, 0.4) is 0 Å². The maximum Gasteiger partial charge on any atom is 0.315 e. The van der Waals surface area contributed by atoms with Crippen molar-refractivity contribution in [3.05, 3.63) is 61.6 Å². The summed E-state index contributed by atoms with van der Waals surface area (Å²) < 4.78 is 7.80. The summed E-state index contributed by atoms with van der Waals surface area (Å²) >= 11 is 10.2. The molecule has 0 saturated heterocycles. The molecule has 0 spiro atoms. The molecule has 0 aliphatic rings. The van der Waals surface area contributed by atoms with Gasteiger partial charge in [-0.1, -0.05) is 34.1 Å². The third-order valence-electron chi connectivity index (χ3n) is 3.19. The second-order valence-electron chi connectivity index (χ2n) is 4.71. The first-order valence-electron chi connectivity index (χ1n) is 6.45. The summed E-state index contributed by atoms with van der Waals surface area (Å²) in [6, 6.07) is 11.5. The number of hydrogen-bond donors (Lipinski definition) is 1. The van der Waals surface area contributed by atoms with E-state index in [1.807, 2.05) is 42.6 Å². The van der Waals surface area contributed by atoms with E-state index in [2.05, 4.69) is 52.8 Å². The van der Waals surface area contributed by atoms with Crippen molar-refractivity contribution >= 4 is 64.7 Å². The number of aromatic amines is 1. The lowest BCUT2D eigenvalue weighted by molar-refractivity contribution is -0.133. The van der Waals surface area contributed by atoms with Gasteiger partial charge in [0.25, 0.3) is 0 Å². The standard InChI is InChI=1S/C16H10Br3NO2/c17-10-6-12(18)16(13(19)7-10)22-15(21)5-9-8-20-14-4-2-1-3-11(9)14/h1-4,6-8,20H,5H2. The van der Waals surface area contributed by atoms with Crippen molar-refractivity contribution in [1.82, 2.24) is 4.98 Å². The highest BCUT2D eigenvalue weighted by molar-refractivity contribution is 9.11. The Morgan fingerprint density at radius 3 is 2.50 bits per heavy atom. The molecule has 1 N–H and O–H groups in total. The van der Waals surface area contributed by atoms with Gasteiger partial charge in [0.15, 0.2) is 5.75 Å². The van der Waals surface area contributed by atoms with Crippen molar-refractivity contribution in [2.75, 3.05) is 0 Å². The van der Waals surface area contributed by atoms with E-state index in [1.165, 1.54) is 0 Å². The maximum atomic E-state index is 12.2. The number of H-pyrrole nitrogens is 1. The Bertz CT molecular complexity index is 834. The fourth-order valence-corrected chi connectivity index (χ4v) is 4.63. The third-order valence-corrected chi connectivity index (χ3v) is 4.82. The van der Waals surface area contributed by atoms with Crippen molar-refractivity contribution in [3.8, 4) is 5.75 Å². The monoisotopic (exact) mass is 485 g/mol. The summed E-state index contributed by atoms with van der Waals surface area (Å²) in [6.07, 6.45) is 2.05. The lowest BCUT2D eigenvalue weighted by Crippen LogP contribution is -2.11. The van der Waals surface area contributed by atoms with Gasteiger partial charge in [-0.25, -0.2) is 0 Å². The molecule has 0 unspecified atom stereocenters. The quantitative estimate of drug-likeness (QED) is 0.386. The van der Waals surface area contributed by atoms with Crippen LogP contribution in [-0.4, -0.2) is 11.0 Å². The third kappa shape index (κ3) is 3.29. The molecule has 0 radical (unpaired) electrons. The van der Waals surface area contributed by atoms with Gasteiger partial charge in [-0.05, 0) is 55.6 Å². The molecule has 0 aliphatic heterocycles. The second-order valence-corrected chi connectivity index (χ2v) is 7.33. The number of carbonyl (C=O) groups is 1. The van der Waals surface area contributed by atoms with E-state index in [1.54, 1.807) is 0 Å². The van der Waals surface area contributed by atoms with Crippen LogP contribution in [0.1, 0.15) is 5.56 Å². The Labute approximate surface area is 152 Å². The molecule has 6 heteroatoms. The highest BCUT2D eigenvalue weighted by Gasteiger charge is 2.15. The SMILES string of the molecule is O=C(Cc1c[nH]c2ccccc12)Oc1c(Br)cc(Br)cc1Br. The van der Waals surface area contributed by atoms with Gasteiger partial charge in [-0.2, -0.15) is 0 Å². The number of hydrogen-bond acceptors (Lipinski definition) is 2. The summed E-state index contributed by atoms with van der Waals surface area (Å²) in [5.41, 5.74) is 1.93. The normalized spacial score (nSPS) is 10.9. The number of fused-ring (bicyclic) bond motifs is 1. The Morgan fingerprint density at radius 2 is 1.77 bits per heavy atom. The van der Waals surface area contributed by atoms with Crippen LogP contribution >= 0.6 is 47.8 Å². The summed E-state index contributed by atoms with van der Waals surface area (Å²) in [5, 5.41) is 1.04. The van der Waals surface area contributed by atoms with Crippen molar-refractivity contribution in [2.24, 2.45) is 0 Å². The van der Waals surface area contributed by atoms with E-state index in [4.69, 9.17) is 4.74 Å². The number of aromatic nitrogens is 1. The molecule has 0 saturated carbocycles. The molecule has 3 aromatic rings. The van der Waals surface area contributed by atoms with Gasteiger partial charge in [-0.3, -0.25) is 4.79 Å². The van der Waals surface area contributed by atoms with E-state index in [0.717, 1.165) is 20.9 Å². The zero-order valence-corrected chi connectivity index (χ0v) is 16.0. The first-order chi connectivity index (χ1) is 10.5. The van der Waals surface area contributed by atoms with Crippen LogP contribution in [0.5, 0.6) is 5.75 Å². The van der Waals surface area contributed by atoms with Gasteiger partial charge >= 0.3 is 5.97 Å². The van der Waals surface area contributed by atoms with Crippen LogP contribution in [0.4, 0.5) is 0 Å². The van der Waals surface area contributed by atoms with Crippen molar-refractivity contribution in [2.45, 2.75) is 6.42 Å². The molecular formula is C16H10Br3NO2. The molecule has 0 bridgehead atoms. The minimum Gasteiger partial charge on any atom is -0.424 e. The number of ether oxygens (including phenoxy) is 1. The van der Waals surface area contributed by atoms with Crippen LogP contribution in [0.2, 0.25) is 0 Å². The number of halogens is 3. The van der Waals surface area contributed by atoms with Crippen molar-refractivity contribution in [3.63, 3.8) is 0 Å². The van der Waals surface area contributed by atoms with Crippen LogP contribution < -0.4 is 4.74 Å². The van der Waals surface area contributed by atoms with E-state index in [0.29, 0.717) is 14.7 Å². The van der Waals surface area contributed by atoms with Crippen molar-refractivity contribution in [1.29, 1.82) is 0 Å².